The Labute approximate surface area is 61.7 Å². The van der Waals surface area contributed by atoms with Crippen LogP contribution in [0.5, 0.6) is 0 Å². The molecular weight excluding hydrogens is 124 g/mol. The van der Waals surface area contributed by atoms with Crippen molar-refractivity contribution in [3.8, 4) is 0 Å². The maximum absolute atomic E-state index is 3.49. The fourth-order valence-corrected chi connectivity index (χ4v) is 1.75. The Hall–Kier alpha value is -0.340. The maximum Gasteiger partial charge on any atom is 0.0406 e. The summed E-state index contributed by atoms with van der Waals surface area (Å²) in [6.45, 7) is 3.46. The SMILES string of the molecule is C1=C2CCNCC2NCC1. The molecule has 1 fully saturated rings. The first kappa shape index (κ1) is 6.38. The summed E-state index contributed by atoms with van der Waals surface area (Å²) in [5, 5.41) is 6.87. The molecule has 0 amide bonds. The van der Waals surface area contributed by atoms with Crippen molar-refractivity contribution in [2.45, 2.75) is 18.9 Å². The molecule has 0 radical (unpaired) electrons. The number of hydrogen-bond donors (Lipinski definition) is 2. The van der Waals surface area contributed by atoms with Gasteiger partial charge in [0, 0.05) is 12.6 Å². The molecule has 2 nitrogen and oxygen atoms in total. The maximum atomic E-state index is 3.49. The summed E-state index contributed by atoms with van der Waals surface area (Å²) in [6, 6.07) is 0.655. The van der Waals surface area contributed by atoms with E-state index in [9.17, 15) is 0 Å². The van der Waals surface area contributed by atoms with Gasteiger partial charge in [0.15, 0.2) is 0 Å². The van der Waals surface area contributed by atoms with Crippen molar-refractivity contribution >= 4 is 0 Å². The Morgan fingerprint density at radius 2 is 2.40 bits per heavy atom. The number of nitrogens with one attached hydrogen (secondary N) is 2. The molecule has 1 saturated heterocycles. The number of rotatable bonds is 0. The van der Waals surface area contributed by atoms with Crippen molar-refractivity contribution in [2.75, 3.05) is 19.6 Å². The second-order valence-electron chi connectivity index (χ2n) is 3.03. The van der Waals surface area contributed by atoms with Gasteiger partial charge in [-0.2, -0.15) is 0 Å². The van der Waals surface area contributed by atoms with Crippen molar-refractivity contribution in [2.24, 2.45) is 0 Å². The quantitative estimate of drug-likeness (QED) is 0.469. The van der Waals surface area contributed by atoms with Crippen molar-refractivity contribution in [1.82, 2.24) is 10.6 Å². The van der Waals surface area contributed by atoms with Gasteiger partial charge in [-0.05, 0) is 25.9 Å². The third kappa shape index (κ3) is 1.09. The molecule has 10 heavy (non-hydrogen) atoms. The zero-order valence-electron chi connectivity index (χ0n) is 6.19. The van der Waals surface area contributed by atoms with Gasteiger partial charge in [-0.25, -0.2) is 0 Å². The Morgan fingerprint density at radius 1 is 1.40 bits per heavy atom. The molecule has 0 saturated carbocycles. The van der Waals surface area contributed by atoms with E-state index in [1.807, 2.05) is 0 Å². The molecule has 1 atom stereocenters. The van der Waals surface area contributed by atoms with Crippen LogP contribution in [0.4, 0.5) is 0 Å². The molecular formula is C8H14N2. The predicted molar refractivity (Wildman–Crippen MR) is 42.0 cm³/mol. The van der Waals surface area contributed by atoms with E-state index in [0.717, 1.165) is 13.1 Å². The molecule has 2 N–H and O–H groups in total. The molecule has 2 rings (SSSR count). The third-order valence-corrected chi connectivity index (χ3v) is 2.33. The van der Waals surface area contributed by atoms with Crippen LogP contribution in [-0.2, 0) is 0 Å². The molecule has 0 bridgehead atoms. The second kappa shape index (κ2) is 2.72. The van der Waals surface area contributed by atoms with Crippen LogP contribution in [0.15, 0.2) is 11.6 Å². The fraction of sp³-hybridized carbons (Fsp3) is 0.750. The van der Waals surface area contributed by atoms with Gasteiger partial charge in [-0.1, -0.05) is 11.6 Å². The minimum atomic E-state index is 0.655. The van der Waals surface area contributed by atoms with Crippen LogP contribution in [-0.4, -0.2) is 25.7 Å². The van der Waals surface area contributed by atoms with Crippen LogP contribution in [0.2, 0.25) is 0 Å². The highest BCUT2D eigenvalue weighted by molar-refractivity contribution is 5.17. The van der Waals surface area contributed by atoms with Gasteiger partial charge in [-0.15, -0.1) is 0 Å². The molecule has 0 aromatic rings. The summed E-state index contributed by atoms with van der Waals surface area (Å²) in [6.07, 6.45) is 4.88. The fourth-order valence-electron chi connectivity index (χ4n) is 1.75. The summed E-state index contributed by atoms with van der Waals surface area (Å²) in [5.74, 6) is 0. The Balaban J connectivity index is 2.08. The second-order valence-corrected chi connectivity index (χ2v) is 3.03. The summed E-state index contributed by atoms with van der Waals surface area (Å²) >= 11 is 0. The summed E-state index contributed by atoms with van der Waals surface area (Å²) in [7, 11) is 0. The molecule has 2 aliphatic heterocycles. The van der Waals surface area contributed by atoms with Crippen molar-refractivity contribution < 1.29 is 0 Å². The number of hydrogen-bond acceptors (Lipinski definition) is 2. The number of piperidine rings is 1. The molecule has 2 aliphatic rings. The highest BCUT2D eigenvalue weighted by Gasteiger charge is 2.19. The largest absolute Gasteiger partial charge is 0.315 e. The minimum absolute atomic E-state index is 0.655. The standard InChI is InChI=1S/C8H14N2/c1-2-7-3-5-9-6-8(7)10-4-1/h2,8-10H,1,3-6H2. The lowest BCUT2D eigenvalue weighted by Crippen LogP contribution is -2.46. The van der Waals surface area contributed by atoms with Crippen LogP contribution in [0.1, 0.15) is 12.8 Å². The topological polar surface area (TPSA) is 24.1 Å². The van der Waals surface area contributed by atoms with Gasteiger partial charge in [0.1, 0.15) is 0 Å². The summed E-state index contributed by atoms with van der Waals surface area (Å²) in [5.41, 5.74) is 1.63. The van der Waals surface area contributed by atoms with E-state index < -0.39 is 0 Å². The van der Waals surface area contributed by atoms with Crippen LogP contribution < -0.4 is 10.6 Å². The van der Waals surface area contributed by atoms with Gasteiger partial charge in [-0.3, -0.25) is 0 Å². The molecule has 0 aromatic heterocycles. The third-order valence-electron chi connectivity index (χ3n) is 2.33. The van der Waals surface area contributed by atoms with Gasteiger partial charge >= 0.3 is 0 Å². The first-order valence-corrected chi connectivity index (χ1v) is 4.10. The van der Waals surface area contributed by atoms with E-state index in [0.29, 0.717) is 6.04 Å². The van der Waals surface area contributed by atoms with E-state index in [4.69, 9.17) is 0 Å². The molecule has 2 heteroatoms. The monoisotopic (exact) mass is 138 g/mol. The molecule has 2 heterocycles. The van der Waals surface area contributed by atoms with Crippen LogP contribution >= 0.6 is 0 Å². The highest BCUT2D eigenvalue weighted by atomic mass is 15.0. The smallest absolute Gasteiger partial charge is 0.0406 e. The normalized spacial score (nSPS) is 32.8. The lowest BCUT2D eigenvalue weighted by Gasteiger charge is -2.30. The van der Waals surface area contributed by atoms with Crippen LogP contribution in [0.3, 0.4) is 0 Å². The molecule has 0 aromatic carbocycles. The lowest BCUT2D eigenvalue weighted by molar-refractivity contribution is 0.454. The predicted octanol–water partition coefficient (Wildman–Crippen LogP) is 0.268. The van der Waals surface area contributed by atoms with Crippen LogP contribution in [0.25, 0.3) is 0 Å². The summed E-state index contributed by atoms with van der Waals surface area (Å²) in [4.78, 5) is 0. The van der Waals surface area contributed by atoms with Crippen molar-refractivity contribution in [1.29, 1.82) is 0 Å². The van der Waals surface area contributed by atoms with E-state index in [2.05, 4.69) is 16.7 Å². The van der Waals surface area contributed by atoms with Gasteiger partial charge < -0.3 is 10.6 Å². The van der Waals surface area contributed by atoms with Crippen LogP contribution in [0, 0.1) is 0 Å². The molecule has 0 spiro atoms. The highest BCUT2D eigenvalue weighted by Crippen LogP contribution is 2.14. The first-order valence-electron chi connectivity index (χ1n) is 4.10. The van der Waals surface area contributed by atoms with E-state index in [-0.39, 0.29) is 0 Å². The Morgan fingerprint density at radius 3 is 3.30 bits per heavy atom. The van der Waals surface area contributed by atoms with E-state index in [1.54, 1.807) is 5.57 Å². The van der Waals surface area contributed by atoms with E-state index >= 15 is 0 Å². The minimum Gasteiger partial charge on any atom is -0.315 e. The molecule has 56 valence electrons. The zero-order chi connectivity index (χ0) is 6.81. The van der Waals surface area contributed by atoms with Crippen molar-refractivity contribution in [3.63, 3.8) is 0 Å². The average molecular weight is 138 g/mol. The molecule has 1 unspecified atom stereocenters. The average Bonchev–Trinajstić information content (AvgIpc) is 2.05. The van der Waals surface area contributed by atoms with Crippen molar-refractivity contribution in [3.05, 3.63) is 11.6 Å². The summed E-state index contributed by atoms with van der Waals surface area (Å²) < 4.78 is 0. The number of fused-ring (bicyclic) bond motifs is 1. The lowest BCUT2D eigenvalue weighted by atomic mass is 9.96. The van der Waals surface area contributed by atoms with Gasteiger partial charge in [0.25, 0.3) is 0 Å². The zero-order valence-corrected chi connectivity index (χ0v) is 6.19. The Kier molecular flexibility index (Phi) is 1.74. The van der Waals surface area contributed by atoms with E-state index in [1.165, 1.54) is 19.4 Å². The Bertz CT molecular complexity index is 151. The first-order chi connectivity index (χ1) is 4.97. The van der Waals surface area contributed by atoms with Gasteiger partial charge in [0.05, 0.1) is 0 Å². The van der Waals surface area contributed by atoms with Gasteiger partial charge in [0.2, 0.25) is 0 Å². The molecule has 0 aliphatic carbocycles.